The number of hydrogen-bond donors (Lipinski definition) is 0. The zero-order valence-corrected chi connectivity index (χ0v) is 41.3. The van der Waals surface area contributed by atoms with Crippen LogP contribution in [0.2, 0.25) is 0 Å². The zero-order valence-electron chi connectivity index (χ0n) is 33.3. The van der Waals surface area contributed by atoms with Crippen LogP contribution in [0.15, 0.2) is 149 Å². The largest absolute Gasteiger partial charge is 0.254 e. The van der Waals surface area contributed by atoms with Crippen LogP contribution in [0.25, 0.3) is 54.9 Å². The summed E-state index contributed by atoms with van der Waals surface area (Å²) in [6.45, 7) is 11.4. The molecule has 0 bridgehead atoms. The van der Waals surface area contributed by atoms with Gasteiger partial charge >= 0.3 is 41.4 Å². The molecule has 4 aromatic carbocycles. The van der Waals surface area contributed by atoms with E-state index in [4.69, 9.17) is 40.6 Å². The standard InChI is InChI=1S/C18H11BrN2.C12H8N2.C6H4BrI.C4H10O.C4H9.CH2Cl2.Li.Mn.2O/c19-15-8-5-12(6-9-15)16-10-7-14-4-3-13-2-1-11-20-17(13)18(14)21-16;1-3-9-5-6-10-4-2-8-14-12(10)11(9)13-7-1;7-5-1-3-6(8)4-2-5;1-3-5-4-2;1-3-4-2;2-1-3;;;;/h1-11H;1-8H;1-4H;3-4H2,1-2H3;1,3-4H2,2H3;1H2;;;;/q;;;;-1;;+1;;;. The van der Waals surface area contributed by atoms with Gasteiger partial charge in [0.05, 0.1) is 33.1 Å². The summed E-state index contributed by atoms with van der Waals surface area (Å²) < 4.78 is 25.1. The summed E-state index contributed by atoms with van der Waals surface area (Å²) in [5.41, 5.74) is 5.93. The van der Waals surface area contributed by atoms with Crippen LogP contribution in [-0.2, 0) is 27.2 Å². The normalized spacial score (nSPS) is 9.51. The van der Waals surface area contributed by atoms with Crippen LogP contribution in [0.1, 0.15) is 33.6 Å². The summed E-state index contributed by atoms with van der Waals surface area (Å²) in [6, 6.07) is 40.9. The van der Waals surface area contributed by atoms with Crippen molar-refractivity contribution in [1.29, 1.82) is 0 Å². The summed E-state index contributed by atoms with van der Waals surface area (Å²) in [5.74, 6) is 0. The van der Waals surface area contributed by atoms with E-state index in [1.807, 2.05) is 62.5 Å². The molecule has 14 heteroatoms. The third-order valence-electron chi connectivity index (χ3n) is 7.48. The van der Waals surface area contributed by atoms with Crippen LogP contribution in [0, 0.1) is 10.5 Å². The Morgan fingerprint density at radius 1 is 0.610 bits per heavy atom. The van der Waals surface area contributed by atoms with E-state index in [1.54, 1.807) is 12.4 Å². The third kappa shape index (κ3) is 20.3. The molecule has 0 saturated heterocycles. The molecule has 8 aromatic rings. The molecule has 0 unspecified atom stereocenters. The summed E-state index contributed by atoms with van der Waals surface area (Å²) in [5, 5.41) is 4.70. The fourth-order valence-corrected chi connectivity index (χ4v) is 5.71. The molecule has 0 atom stereocenters. The van der Waals surface area contributed by atoms with Crippen molar-refractivity contribution in [3.05, 3.63) is 159 Å². The van der Waals surface area contributed by atoms with Crippen molar-refractivity contribution < 1.29 is 46.1 Å². The van der Waals surface area contributed by atoms with Crippen molar-refractivity contribution in [2.24, 2.45) is 0 Å². The first-order valence-electron chi connectivity index (χ1n) is 18.0. The van der Waals surface area contributed by atoms with Crippen LogP contribution in [0.5, 0.6) is 0 Å². The first-order valence-corrected chi connectivity index (χ1v) is 22.7. The molecule has 4 aromatic heterocycles. The van der Waals surface area contributed by atoms with Crippen LogP contribution >= 0.6 is 77.7 Å². The van der Waals surface area contributed by atoms with Gasteiger partial charge in [-0.15, -0.1) is 23.2 Å². The van der Waals surface area contributed by atoms with Gasteiger partial charge in [-0.3, -0.25) is 15.0 Å². The van der Waals surface area contributed by atoms with Crippen molar-refractivity contribution in [3.63, 3.8) is 0 Å². The second-order valence-electron chi connectivity index (χ2n) is 11.4. The quantitative estimate of drug-likeness (QED) is 0.0570. The van der Waals surface area contributed by atoms with Gasteiger partial charge in [0.25, 0.3) is 0 Å². The number of alkyl halides is 2. The predicted octanol–water partition coefficient (Wildman–Crippen LogP) is 11.9. The summed E-state index contributed by atoms with van der Waals surface area (Å²) in [7, 11) is 0. The van der Waals surface area contributed by atoms with Crippen LogP contribution in [0.3, 0.4) is 0 Å². The van der Waals surface area contributed by atoms with E-state index in [0.29, 0.717) is 0 Å². The van der Waals surface area contributed by atoms with Gasteiger partial charge in [0.1, 0.15) is 0 Å². The van der Waals surface area contributed by atoms with Gasteiger partial charge in [-0.2, -0.15) is 6.42 Å². The van der Waals surface area contributed by atoms with Gasteiger partial charge in [0.2, 0.25) is 0 Å². The molecule has 0 aliphatic heterocycles. The maximum Gasteiger partial charge on any atom is 0.0964 e. The van der Waals surface area contributed by atoms with E-state index in [9.17, 15) is 0 Å². The second-order valence-corrected chi connectivity index (χ2v) is 15.4. The SMILES string of the molecule is Brc1ccc(-c2ccc3ccc4cccnc4c3n2)cc1.Brc1ccc(I)cc1.CCOCC.ClCCl.[CH2-]CCC.[Li+].[O]=[Mn]=[O].c1cnc2c(c1)ccc1cccnc12. The maximum atomic E-state index is 8.41. The zero-order chi connectivity index (χ0) is 42.5. The number of nitrogens with zero attached hydrogens (tertiary/aromatic N) is 4. The van der Waals surface area contributed by atoms with Gasteiger partial charge in [-0.1, -0.05) is 106 Å². The average molecular weight is 1110 g/mol. The fraction of sp³-hybridized carbons (Fsp3) is 0.178. The van der Waals surface area contributed by atoms with Gasteiger partial charge in [-0.05, 0) is 97.1 Å². The summed E-state index contributed by atoms with van der Waals surface area (Å²) in [4.78, 5) is 18.0. The molecule has 59 heavy (non-hydrogen) atoms. The number of unbranched alkanes of at least 4 members (excludes halogenated alkanes) is 1. The molecule has 0 aliphatic carbocycles. The van der Waals surface area contributed by atoms with Crippen molar-refractivity contribution in [3.8, 4) is 11.3 Å². The predicted molar refractivity (Wildman–Crippen MR) is 254 cm³/mol. The topological polar surface area (TPSA) is 94.9 Å². The monoisotopic (exact) mass is 1100 g/mol. The van der Waals surface area contributed by atoms with Crippen LogP contribution in [-0.4, -0.2) is 38.5 Å². The molecule has 0 aliphatic rings. The third-order valence-corrected chi connectivity index (χ3v) is 9.26. The Morgan fingerprint density at radius 2 is 0.949 bits per heavy atom. The Hall–Kier alpha value is -2.53. The van der Waals surface area contributed by atoms with E-state index in [-0.39, 0.29) is 24.2 Å². The van der Waals surface area contributed by atoms with Gasteiger partial charge < -0.3 is 11.7 Å². The molecule has 0 spiro atoms. The minimum absolute atomic E-state index is 0. The Balaban J connectivity index is 0.000000396. The summed E-state index contributed by atoms with van der Waals surface area (Å²) >= 11 is 17.2. The minimum Gasteiger partial charge on any atom is -0.254 e. The number of rotatable bonds is 4. The Bertz CT molecular complexity index is 2340. The number of pyridine rings is 4. The number of benzene rings is 4. The van der Waals surface area contributed by atoms with E-state index < -0.39 is 14.8 Å². The van der Waals surface area contributed by atoms with Gasteiger partial charge in [0.15, 0.2) is 0 Å². The van der Waals surface area contributed by atoms with E-state index in [2.05, 4.69) is 162 Å². The molecular weight excluding hydrogens is 1060 g/mol. The van der Waals surface area contributed by atoms with Crippen molar-refractivity contribution in [2.75, 3.05) is 18.6 Å². The Morgan fingerprint density at radius 3 is 1.29 bits per heavy atom. The number of fused-ring (bicyclic) bond motifs is 6. The number of hydrogen-bond acceptors (Lipinski definition) is 7. The van der Waals surface area contributed by atoms with Crippen LogP contribution in [0.4, 0.5) is 0 Å². The molecule has 8 rings (SSSR count). The summed E-state index contributed by atoms with van der Waals surface area (Å²) in [6.07, 6.45) is 7.70. The average Bonchev–Trinajstić information content (AvgIpc) is 3.26. The van der Waals surface area contributed by atoms with Crippen molar-refractivity contribution >= 4 is 121 Å². The molecular formula is C45H44Br2Cl2ILiMnN4O3. The molecule has 0 radical (unpaired) electrons. The molecule has 0 saturated carbocycles. The Labute approximate surface area is 406 Å². The van der Waals surface area contributed by atoms with Gasteiger partial charge in [-0.25, -0.2) is 4.98 Å². The smallest absolute Gasteiger partial charge is 0.0964 e. The first kappa shape index (κ1) is 54.5. The first-order chi connectivity index (χ1) is 28.2. The van der Waals surface area contributed by atoms with Crippen molar-refractivity contribution in [2.45, 2.75) is 33.6 Å². The molecule has 4 heterocycles. The van der Waals surface area contributed by atoms with Crippen LogP contribution < -0.4 is 18.9 Å². The maximum absolute atomic E-state index is 8.41. The fourth-order valence-electron chi connectivity index (χ4n) is 4.82. The minimum atomic E-state index is -1.44. The number of halogens is 5. The van der Waals surface area contributed by atoms with Crippen molar-refractivity contribution in [1.82, 2.24) is 19.9 Å². The van der Waals surface area contributed by atoms with E-state index in [0.717, 1.165) is 83.4 Å². The Kier molecular flexibility index (Phi) is 30.6. The molecule has 0 amide bonds. The number of aromatic nitrogens is 4. The second kappa shape index (κ2) is 33.1. The van der Waals surface area contributed by atoms with E-state index in [1.165, 1.54) is 9.99 Å². The van der Waals surface area contributed by atoms with E-state index >= 15 is 0 Å². The number of ether oxygens (including phenoxy) is 1. The molecule has 305 valence electrons. The van der Waals surface area contributed by atoms with Gasteiger partial charge in [0, 0.05) is 71.4 Å². The molecule has 0 N–H and O–H groups in total. The molecule has 7 nitrogen and oxygen atoms in total. The molecule has 0 fully saturated rings.